The third-order valence-electron chi connectivity index (χ3n) is 2.25. The molecule has 0 aliphatic heterocycles. The first-order chi connectivity index (χ1) is 7.77. The van der Waals surface area contributed by atoms with Crippen molar-refractivity contribution in [2.24, 2.45) is 0 Å². The molecular weight excluding hydrogens is 202 g/mol. The molecule has 0 fully saturated rings. The largest absolute Gasteiger partial charge is 0.493 e. The van der Waals surface area contributed by atoms with Crippen molar-refractivity contribution in [1.82, 2.24) is 5.32 Å². The van der Waals surface area contributed by atoms with Gasteiger partial charge in [-0.1, -0.05) is 18.2 Å². The minimum atomic E-state index is 0.307. The van der Waals surface area contributed by atoms with Gasteiger partial charge in [0.15, 0.2) is 11.5 Å². The summed E-state index contributed by atoms with van der Waals surface area (Å²) in [5.74, 6) is 1.54. The van der Waals surface area contributed by atoms with Crippen molar-refractivity contribution >= 4 is 0 Å². The topological polar surface area (TPSA) is 30.5 Å². The third-order valence-corrected chi connectivity index (χ3v) is 2.25. The zero-order valence-corrected chi connectivity index (χ0v) is 9.90. The summed E-state index contributed by atoms with van der Waals surface area (Å²) in [5.41, 5.74) is 0. The van der Waals surface area contributed by atoms with Crippen molar-refractivity contribution < 1.29 is 9.47 Å². The summed E-state index contributed by atoms with van der Waals surface area (Å²) in [6.07, 6.45) is 1.86. The molecule has 0 heterocycles. The van der Waals surface area contributed by atoms with Crippen LogP contribution in [0.15, 0.2) is 36.9 Å². The lowest BCUT2D eigenvalue weighted by Crippen LogP contribution is -2.28. The predicted molar refractivity (Wildman–Crippen MR) is 66.2 cm³/mol. The Balaban J connectivity index is 2.34. The molecule has 1 unspecified atom stereocenters. The van der Waals surface area contributed by atoms with E-state index in [1.165, 1.54) is 0 Å². The molecule has 0 spiro atoms. The fraction of sp³-hybridized carbons (Fsp3) is 0.385. The Kier molecular flexibility index (Phi) is 5.43. The fourth-order valence-corrected chi connectivity index (χ4v) is 1.27. The lowest BCUT2D eigenvalue weighted by atomic mass is 10.3. The molecule has 1 aromatic carbocycles. The van der Waals surface area contributed by atoms with Gasteiger partial charge in [-0.2, -0.15) is 0 Å². The van der Waals surface area contributed by atoms with E-state index in [1.54, 1.807) is 7.11 Å². The van der Waals surface area contributed by atoms with Crippen molar-refractivity contribution in [2.75, 3.05) is 20.3 Å². The maximum absolute atomic E-state index is 5.60. The molecule has 88 valence electrons. The molecule has 0 bridgehead atoms. The Morgan fingerprint density at radius 2 is 2.06 bits per heavy atom. The summed E-state index contributed by atoms with van der Waals surface area (Å²) in [5, 5.41) is 3.26. The molecule has 0 amide bonds. The Morgan fingerprint density at radius 3 is 2.69 bits per heavy atom. The van der Waals surface area contributed by atoms with E-state index in [-0.39, 0.29) is 0 Å². The molecule has 1 aromatic rings. The molecule has 1 rings (SSSR count). The first kappa shape index (κ1) is 12.6. The second kappa shape index (κ2) is 6.90. The minimum Gasteiger partial charge on any atom is -0.493 e. The number of hydrogen-bond acceptors (Lipinski definition) is 3. The number of nitrogens with one attached hydrogen (secondary N) is 1. The molecular formula is C13H19NO2. The zero-order chi connectivity index (χ0) is 11.8. The average molecular weight is 221 g/mol. The van der Waals surface area contributed by atoms with Crippen LogP contribution in [-0.4, -0.2) is 26.3 Å². The van der Waals surface area contributed by atoms with E-state index in [4.69, 9.17) is 9.47 Å². The van der Waals surface area contributed by atoms with Crippen LogP contribution in [-0.2, 0) is 0 Å². The highest BCUT2D eigenvalue weighted by Crippen LogP contribution is 2.25. The first-order valence-electron chi connectivity index (χ1n) is 5.39. The zero-order valence-electron chi connectivity index (χ0n) is 9.90. The number of rotatable bonds is 7. The molecule has 3 nitrogen and oxygen atoms in total. The van der Waals surface area contributed by atoms with E-state index >= 15 is 0 Å². The van der Waals surface area contributed by atoms with Crippen LogP contribution in [0.1, 0.15) is 6.92 Å². The summed E-state index contributed by atoms with van der Waals surface area (Å²) in [6, 6.07) is 7.94. The van der Waals surface area contributed by atoms with Gasteiger partial charge < -0.3 is 14.8 Å². The monoisotopic (exact) mass is 221 g/mol. The van der Waals surface area contributed by atoms with E-state index in [0.29, 0.717) is 12.6 Å². The van der Waals surface area contributed by atoms with Crippen molar-refractivity contribution in [1.29, 1.82) is 0 Å². The highest BCUT2D eigenvalue weighted by molar-refractivity contribution is 5.39. The van der Waals surface area contributed by atoms with E-state index in [0.717, 1.165) is 18.0 Å². The van der Waals surface area contributed by atoms with Crippen LogP contribution < -0.4 is 14.8 Å². The average Bonchev–Trinajstić information content (AvgIpc) is 2.34. The van der Waals surface area contributed by atoms with Gasteiger partial charge in [-0.25, -0.2) is 0 Å². The Bertz CT molecular complexity index is 325. The van der Waals surface area contributed by atoms with Crippen LogP contribution in [0.5, 0.6) is 11.5 Å². The summed E-state index contributed by atoms with van der Waals surface area (Å²) in [7, 11) is 1.64. The quantitative estimate of drug-likeness (QED) is 0.566. The standard InChI is InChI=1S/C13H19NO2/c1-4-11(2)14-9-10-16-13-8-6-5-7-12(13)15-3/h4-8,11,14H,1,9-10H2,2-3H3. The van der Waals surface area contributed by atoms with Crippen molar-refractivity contribution in [2.45, 2.75) is 13.0 Å². The Labute approximate surface area is 97.1 Å². The second-order valence-electron chi connectivity index (χ2n) is 3.48. The summed E-state index contributed by atoms with van der Waals surface area (Å²) < 4.78 is 10.8. The van der Waals surface area contributed by atoms with Crippen LogP contribution in [0.2, 0.25) is 0 Å². The molecule has 0 aliphatic carbocycles. The highest BCUT2D eigenvalue weighted by atomic mass is 16.5. The van der Waals surface area contributed by atoms with E-state index in [2.05, 4.69) is 18.8 Å². The van der Waals surface area contributed by atoms with Crippen LogP contribution in [0.25, 0.3) is 0 Å². The van der Waals surface area contributed by atoms with Gasteiger partial charge in [0.2, 0.25) is 0 Å². The number of hydrogen-bond donors (Lipinski definition) is 1. The van der Waals surface area contributed by atoms with Gasteiger partial charge in [0.25, 0.3) is 0 Å². The summed E-state index contributed by atoms with van der Waals surface area (Å²) in [6.45, 7) is 7.15. The van der Waals surface area contributed by atoms with E-state index < -0.39 is 0 Å². The van der Waals surface area contributed by atoms with Gasteiger partial charge in [-0.15, -0.1) is 6.58 Å². The Hall–Kier alpha value is -1.48. The second-order valence-corrected chi connectivity index (χ2v) is 3.48. The summed E-state index contributed by atoms with van der Waals surface area (Å²) >= 11 is 0. The molecule has 0 saturated heterocycles. The van der Waals surface area contributed by atoms with Crippen LogP contribution >= 0.6 is 0 Å². The van der Waals surface area contributed by atoms with Crippen LogP contribution in [0.4, 0.5) is 0 Å². The normalized spacial score (nSPS) is 11.9. The minimum absolute atomic E-state index is 0.307. The molecule has 0 aromatic heterocycles. The van der Waals surface area contributed by atoms with E-state index in [1.807, 2.05) is 30.3 Å². The molecule has 3 heteroatoms. The fourth-order valence-electron chi connectivity index (χ4n) is 1.27. The number of methoxy groups -OCH3 is 1. The molecule has 16 heavy (non-hydrogen) atoms. The van der Waals surface area contributed by atoms with Crippen LogP contribution in [0, 0.1) is 0 Å². The molecule has 1 atom stereocenters. The van der Waals surface area contributed by atoms with Gasteiger partial charge in [-0.05, 0) is 19.1 Å². The van der Waals surface area contributed by atoms with Gasteiger partial charge in [-0.3, -0.25) is 0 Å². The van der Waals surface area contributed by atoms with Crippen molar-refractivity contribution in [3.8, 4) is 11.5 Å². The molecule has 0 radical (unpaired) electrons. The maximum atomic E-state index is 5.60. The van der Waals surface area contributed by atoms with Gasteiger partial charge in [0.1, 0.15) is 6.61 Å². The van der Waals surface area contributed by atoms with Crippen LogP contribution in [0.3, 0.4) is 0 Å². The lowest BCUT2D eigenvalue weighted by Gasteiger charge is -2.12. The first-order valence-corrected chi connectivity index (χ1v) is 5.39. The summed E-state index contributed by atoms with van der Waals surface area (Å²) in [4.78, 5) is 0. The molecule has 1 N–H and O–H groups in total. The van der Waals surface area contributed by atoms with Crippen molar-refractivity contribution in [3.63, 3.8) is 0 Å². The Morgan fingerprint density at radius 1 is 1.38 bits per heavy atom. The van der Waals surface area contributed by atoms with Gasteiger partial charge >= 0.3 is 0 Å². The SMILES string of the molecule is C=CC(C)NCCOc1ccccc1OC. The van der Waals surface area contributed by atoms with Gasteiger partial charge in [0, 0.05) is 12.6 Å². The number of ether oxygens (including phenoxy) is 2. The van der Waals surface area contributed by atoms with Crippen molar-refractivity contribution in [3.05, 3.63) is 36.9 Å². The molecule has 0 saturated carbocycles. The smallest absolute Gasteiger partial charge is 0.161 e. The highest BCUT2D eigenvalue weighted by Gasteiger charge is 2.01. The van der Waals surface area contributed by atoms with Gasteiger partial charge in [0.05, 0.1) is 7.11 Å². The number of para-hydroxylation sites is 2. The maximum Gasteiger partial charge on any atom is 0.161 e. The molecule has 0 aliphatic rings. The van der Waals surface area contributed by atoms with E-state index in [9.17, 15) is 0 Å². The lowest BCUT2D eigenvalue weighted by molar-refractivity contribution is 0.290. The third kappa shape index (κ3) is 3.95. The number of benzene rings is 1. The predicted octanol–water partition coefficient (Wildman–Crippen LogP) is 2.24.